The van der Waals surface area contributed by atoms with Crippen LogP contribution in [0, 0.1) is 6.92 Å². The van der Waals surface area contributed by atoms with E-state index in [0.717, 1.165) is 24.1 Å². The fraction of sp³-hybridized carbons (Fsp3) is 0.261. The highest BCUT2D eigenvalue weighted by atomic mass is 32.1. The molecule has 1 fully saturated rings. The van der Waals surface area contributed by atoms with Crippen LogP contribution in [-0.2, 0) is 9.53 Å². The van der Waals surface area contributed by atoms with Crippen LogP contribution >= 0.6 is 11.3 Å². The number of esters is 1. The number of carbonyl (C=O) groups excluding carboxylic acids is 2. The monoisotopic (exact) mass is 406 g/mol. The van der Waals surface area contributed by atoms with Crippen molar-refractivity contribution in [3.8, 4) is 11.3 Å². The largest absolute Gasteiger partial charge is 0.452 e. The van der Waals surface area contributed by atoms with Crippen molar-refractivity contribution < 1.29 is 14.3 Å². The summed E-state index contributed by atoms with van der Waals surface area (Å²) >= 11 is 1.65. The standard InChI is InChI=1S/C23H22N2O3S/c1-16-18(11-12-19(24-16)17-7-3-2-4-8-17)23(27)28-15-22(26)25-13-5-9-20(25)21-10-6-14-29-21/h2-4,6-8,10-12,14,20H,5,9,13,15H2,1H3. The quantitative estimate of drug-likeness (QED) is 0.579. The lowest BCUT2D eigenvalue weighted by Crippen LogP contribution is -2.34. The number of hydrogen-bond donors (Lipinski definition) is 0. The number of carbonyl (C=O) groups is 2. The molecule has 3 aromatic rings. The van der Waals surface area contributed by atoms with Crippen LogP contribution in [0.15, 0.2) is 60.0 Å². The smallest absolute Gasteiger partial charge is 0.340 e. The zero-order valence-electron chi connectivity index (χ0n) is 16.2. The van der Waals surface area contributed by atoms with Crippen molar-refractivity contribution in [3.05, 3.63) is 76.1 Å². The first-order chi connectivity index (χ1) is 14.1. The number of likely N-dealkylation sites (tertiary alicyclic amines) is 1. The van der Waals surface area contributed by atoms with Crippen LogP contribution in [0.1, 0.15) is 39.8 Å². The van der Waals surface area contributed by atoms with Gasteiger partial charge in [0.1, 0.15) is 0 Å². The molecule has 0 N–H and O–H groups in total. The van der Waals surface area contributed by atoms with Crippen LogP contribution in [-0.4, -0.2) is 34.9 Å². The highest BCUT2D eigenvalue weighted by Crippen LogP contribution is 2.34. The Hall–Kier alpha value is -2.99. The molecule has 1 aliphatic rings. The van der Waals surface area contributed by atoms with Crippen LogP contribution in [0.2, 0.25) is 0 Å². The Kier molecular flexibility index (Phi) is 5.71. The van der Waals surface area contributed by atoms with Gasteiger partial charge in [0.25, 0.3) is 5.91 Å². The van der Waals surface area contributed by atoms with Gasteiger partial charge in [0, 0.05) is 17.0 Å². The molecule has 5 nitrogen and oxygen atoms in total. The number of aromatic nitrogens is 1. The van der Waals surface area contributed by atoms with Crippen molar-refractivity contribution in [2.75, 3.05) is 13.2 Å². The third kappa shape index (κ3) is 4.22. The van der Waals surface area contributed by atoms with E-state index >= 15 is 0 Å². The highest BCUT2D eigenvalue weighted by Gasteiger charge is 2.31. The molecule has 1 aromatic carbocycles. The molecular formula is C23H22N2O3S. The van der Waals surface area contributed by atoms with Crippen LogP contribution in [0.4, 0.5) is 0 Å². The zero-order valence-corrected chi connectivity index (χ0v) is 17.0. The maximum absolute atomic E-state index is 12.6. The van der Waals surface area contributed by atoms with Gasteiger partial charge in [-0.2, -0.15) is 0 Å². The maximum atomic E-state index is 12.6. The average molecular weight is 407 g/mol. The summed E-state index contributed by atoms with van der Waals surface area (Å²) in [7, 11) is 0. The minimum atomic E-state index is -0.519. The van der Waals surface area contributed by atoms with Gasteiger partial charge in [-0.25, -0.2) is 4.79 Å². The van der Waals surface area contributed by atoms with Gasteiger partial charge >= 0.3 is 5.97 Å². The van der Waals surface area contributed by atoms with Gasteiger partial charge in [-0.1, -0.05) is 36.4 Å². The van der Waals surface area contributed by atoms with E-state index in [1.807, 2.05) is 46.7 Å². The first-order valence-electron chi connectivity index (χ1n) is 9.66. The van der Waals surface area contributed by atoms with Gasteiger partial charge in [0.15, 0.2) is 6.61 Å². The fourth-order valence-electron chi connectivity index (χ4n) is 3.68. The molecule has 0 aliphatic carbocycles. The second-order valence-electron chi connectivity index (χ2n) is 7.03. The predicted molar refractivity (Wildman–Crippen MR) is 113 cm³/mol. The van der Waals surface area contributed by atoms with Crippen molar-refractivity contribution in [2.24, 2.45) is 0 Å². The lowest BCUT2D eigenvalue weighted by Gasteiger charge is -2.23. The van der Waals surface area contributed by atoms with Gasteiger partial charge in [-0.15, -0.1) is 11.3 Å². The fourth-order valence-corrected chi connectivity index (χ4v) is 4.55. The molecule has 1 atom stereocenters. The van der Waals surface area contributed by atoms with E-state index < -0.39 is 5.97 Å². The second-order valence-corrected chi connectivity index (χ2v) is 8.01. The van der Waals surface area contributed by atoms with E-state index in [1.165, 1.54) is 4.88 Å². The van der Waals surface area contributed by atoms with E-state index in [4.69, 9.17) is 4.74 Å². The van der Waals surface area contributed by atoms with Crippen LogP contribution in [0.25, 0.3) is 11.3 Å². The number of thiophene rings is 1. The minimum Gasteiger partial charge on any atom is -0.452 e. The molecule has 0 saturated carbocycles. The number of benzene rings is 1. The molecule has 0 radical (unpaired) electrons. The van der Waals surface area contributed by atoms with Crippen molar-refractivity contribution >= 4 is 23.2 Å². The Bertz CT molecular complexity index is 1000. The van der Waals surface area contributed by atoms with Crippen molar-refractivity contribution in [2.45, 2.75) is 25.8 Å². The third-order valence-electron chi connectivity index (χ3n) is 5.15. The molecule has 0 bridgehead atoms. The molecule has 1 unspecified atom stereocenters. The summed E-state index contributed by atoms with van der Waals surface area (Å²) in [6.07, 6.45) is 1.91. The average Bonchev–Trinajstić information content (AvgIpc) is 3.44. The molecule has 29 heavy (non-hydrogen) atoms. The van der Waals surface area contributed by atoms with Gasteiger partial charge in [-0.3, -0.25) is 9.78 Å². The zero-order chi connectivity index (χ0) is 20.2. The molecule has 1 amide bonds. The summed E-state index contributed by atoms with van der Waals surface area (Å²) in [6.45, 7) is 2.23. The Morgan fingerprint density at radius 1 is 1.14 bits per heavy atom. The van der Waals surface area contributed by atoms with E-state index in [0.29, 0.717) is 17.8 Å². The molecule has 4 rings (SSSR count). The van der Waals surface area contributed by atoms with E-state index in [2.05, 4.69) is 11.1 Å². The molecule has 2 aromatic heterocycles. The summed E-state index contributed by atoms with van der Waals surface area (Å²) in [4.78, 5) is 32.7. The van der Waals surface area contributed by atoms with Gasteiger partial charge in [0.2, 0.25) is 0 Å². The molecule has 0 spiro atoms. The van der Waals surface area contributed by atoms with Crippen molar-refractivity contribution in [1.82, 2.24) is 9.88 Å². The van der Waals surface area contributed by atoms with Gasteiger partial charge < -0.3 is 9.64 Å². The number of aryl methyl sites for hydroxylation is 1. The SMILES string of the molecule is Cc1nc(-c2ccccc2)ccc1C(=O)OCC(=O)N1CCCC1c1cccs1. The maximum Gasteiger partial charge on any atom is 0.340 e. The second kappa shape index (κ2) is 8.57. The van der Waals surface area contributed by atoms with Crippen LogP contribution < -0.4 is 0 Å². The third-order valence-corrected chi connectivity index (χ3v) is 6.12. The number of rotatable bonds is 5. The minimum absolute atomic E-state index is 0.0924. The Labute approximate surface area is 174 Å². The first kappa shape index (κ1) is 19.3. The topological polar surface area (TPSA) is 59.5 Å². The van der Waals surface area contributed by atoms with Gasteiger partial charge in [-0.05, 0) is 43.3 Å². The van der Waals surface area contributed by atoms with Crippen LogP contribution in [0.5, 0.6) is 0 Å². The number of nitrogens with zero attached hydrogens (tertiary/aromatic N) is 2. The lowest BCUT2D eigenvalue weighted by atomic mass is 10.1. The molecule has 6 heteroatoms. The molecule has 148 valence electrons. The van der Waals surface area contributed by atoms with Crippen LogP contribution in [0.3, 0.4) is 0 Å². The summed E-state index contributed by atoms with van der Waals surface area (Å²) < 4.78 is 5.33. The summed E-state index contributed by atoms with van der Waals surface area (Å²) in [5.74, 6) is -0.671. The Balaban J connectivity index is 1.40. The Morgan fingerprint density at radius 2 is 1.97 bits per heavy atom. The summed E-state index contributed by atoms with van der Waals surface area (Å²) in [5, 5.41) is 2.02. The number of pyridine rings is 1. The number of ether oxygens (including phenoxy) is 1. The number of hydrogen-bond acceptors (Lipinski definition) is 5. The van der Waals surface area contributed by atoms with Crippen molar-refractivity contribution in [3.63, 3.8) is 0 Å². The van der Waals surface area contributed by atoms with E-state index in [-0.39, 0.29) is 18.6 Å². The highest BCUT2D eigenvalue weighted by molar-refractivity contribution is 7.10. The predicted octanol–water partition coefficient (Wildman–Crippen LogP) is 4.64. The van der Waals surface area contributed by atoms with E-state index in [9.17, 15) is 9.59 Å². The molecule has 3 heterocycles. The molecule has 1 saturated heterocycles. The Morgan fingerprint density at radius 3 is 2.69 bits per heavy atom. The normalized spacial score (nSPS) is 16.0. The summed E-state index contributed by atoms with van der Waals surface area (Å²) in [6, 6.07) is 17.4. The lowest BCUT2D eigenvalue weighted by molar-refractivity contribution is -0.135. The summed E-state index contributed by atoms with van der Waals surface area (Å²) in [5.41, 5.74) is 2.75. The van der Waals surface area contributed by atoms with E-state index in [1.54, 1.807) is 30.4 Å². The van der Waals surface area contributed by atoms with Crippen molar-refractivity contribution in [1.29, 1.82) is 0 Å². The van der Waals surface area contributed by atoms with Gasteiger partial charge in [0.05, 0.1) is 23.0 Å². The molecule has 1 aliphatic heterocycles. The first-order valence-corrected chi connectivity index (χ1v) is 10.5. The molecular weight excluding hydrogens is 384 g/mol. The number of amides is 1.